The van der Waals surface area contributed by atoms with E-state index in [1.807, 2.05) is 35.5 Å². The van der Waals surface area contributed by atoms with Crippen LogP contribution in [0.4, 0.5) is 0 Å². The first kappa shape index (κ1) is 17.2. The maximum Gasteiger partial charge on any atom is 0.352 e. The number of nitrogens with zero attached hydrogens (tertiary/aromatic N) is 3. The number of hydrogen-bond donors (Lipinski definition) is 3. The predicted molar refractivity (Wildman–Crippen MR) is 91.9 cm³/mol. The largest absolute Gasteiger partial charge is 0.477 e. The van der Waals surface area contributed by atoms with Crippen LogP contribution in [0.5, 0.6) is 0 Å². The highest BCUT2D eigenvalue weighted by Gasteiger charge is 2.60. The number of aromatic nitrogens is 2. The van der Waals surface area contributed by atoms with Crippen molar-refractivity contribution >= 4 is 33.6 Å². The number of hydrogen-bond acceptors (Lipinski definition) is 5. The van der Waals surface area contributed by atoms with Crippen molar-refractivity contribution in [2.24, 2.45) is 18.9 Å². The second-order valence-corrected chi connectivity index (χ2v) is 7.99. The lowest BCUT2D eigenvalue weighted by Crippen LogP contribution is -2.63. The Morgan fingerprint density at radius 3 is 2.73 bits per heavy atom. The number of imidazole rings is 1. The molecular weight excluding hydrogens is 358 g/mol. The quantitative estimate of drug-likeness (QED) is 0.512. The summed E-state index contributed by atoms with van der Waals surface area (Å²) in [5.41, 5.74) is 1.36. The summed E-state index contributed by atoms with van der Waals surface area (Å²) >= 11 is 1.39. The standard InChI is InChI=1S/C17H19N3O5S/c1-7-11(10-4-19-6-18(3)9(5-21)16(19)26-10)14(17(24)25)20-13(7)12(8(2)22)15(20)23/h4,6-8,12-13,21-22H,5H2,1-3H3/p+1/t7-,8+,12+,13-/m0/s1. The summed E-state index contributed by atoms with van der Waals surface area (Å²) in [6.07, 6.45) is 2.83. The number of carbonyl (C=O) groups is 2. The average molecular weight is 378 g/mol. The molecule has 2 aromatic rings. The highest BCUT2D eigenvalue weighted by Crippen LogP contribution is 2.51. The van der Waals surface area contributed by atoms with E-state index in [0.717, 1.165) is 15.4 Å². The van der Waals surface area contributed by atoms with E-state index in [0.29, 0.717) is 5.57 Å². The Balaban J connectivity index is 1.86. The second-order valence-electron chi connectivity index (χ2n) is 6.96. The number of amides is 1. The van der Waals surface area contributed by atoms with Crippen LogP contribution >= 0.6 is 11.3 Å². The fraction of sp³-hybridized carbons (Fsp3) is 0.471. The Morgan fingerprint density at radius 1 is 1.46 bits per heavy atom. The minimum absolute atomic E-state index is 0.00354. The Bertz CT molecular complexity index is 973. The molecule has 4 rings (SSSR count). The van der Waals surface area contributed by atoms with Gasteiger partial charge in [-0.25, -0.2) is 9.36 Å². The van der Waals surface area contributed by atoms with Gasteiger partial charge in [0.2, 0.25) is 17.1 Å². The molecule has 2 aliphatic rings. The molecule has 3 N–H and O–H groups in total. The second kappa shape index (κ2) is 5.63. The van der Waals surface area contributed by atoms with Crippen molar-refractivity contribution in [1.29, 1.82) is 0 Å². The van der Waals surface area contributed by atoms with Crippen LogP contribution in [0.2, 0.25) is 0 Å². The lowest BCUT2D eigenvalue weighted by molar-refractivity contribution is -0.508. The maximum atomic E-state index is 12.4. The van der Waals surface area contributed by atoms with E-state index in [9.17, 15) is 24.9 Å². The van der Waals surface area contributed by atoms with Gasteiger partial charge in [-0.3, -0.25) is 4.79 Å². The molecule has 26 heavy (non-hydrogen) atoms. The molecular formula is C17H20N3O5S+. The summed E-state index contributed by atoms with van der Waals surface area (Å²) < 4.78 is 3.68. The lowest BCUT2D eigenvalue weighted by Gasteiger charge is -2.46. The number of aliphatic hydroxyl groups excluding tert-OH is 2. The molecule has 0 bridgehead atoms. The smallest absolute Gasteiger partial charge is 0.352 e. The molecule has 1 amide bonds. The summed E-state index contributed by atoms with van der Waals surface area (Å²) in [5, 5.41) is 29.2. The molecule has 8 nitrogen and oxygen atoms in total. The number of carboxylic acid groups (broad SMARTS) is 1. The van der Waals surface area contributed by atoms with E-state index in [1.165, 1.54) is 16.2 Å². The van der Waals surface area contributed by atoms with Gasteiger partial charge in [0.25, 0.3) is 0 Å². The van der Waals surface area contributed by atoms with Gasteiger partial charge in [0, 0.05) is 11.5 Å². The van der Waals surface area contributed by atoms with Gasteiger partial charge in [-0.1, -0.05) is 18.3 Å². The van der Waals surface area contributed by atoms with E-state index in [-0.39, 0.29) is 30.2 Å². The first-order valence-corrected chi connectivity index (χ1v) is 9.18. The molecule has 0 radical (unpaired) electrons. The Labute approximate surface area is 153 Å². The molecule has 2 aromatic heterocycles. The third kappa shape index (κ3) is 2.04. The predicted octanol–water partition coefficient (Wildman–Crippen LogP) is -0.0292. The molecule has 0 aromatic carbocycles. The van der Waals surface area contributed by atoms with Gasteiger partial charge in [-0.2, -0.15) is 4.40 Å². The van der Waals surface area contributed by atoms with Gasteiger partial charge in [-0.05, 0) is 6.92 Å². The van der Waals surface area contributed by atoms with Gasteiger partial charge >= 0.3 is 5.97 Å². The van der Waals surface area contributed by atoms with Crippen LogP contribution in [0, 0.1) is 11.8 Å². The fourth-order valence-electron chi connectivity index (χ4n) is 4.27. The van der Waals surface area contributed by atoms with Gasteiger partial charge in [0.05, 0.1) is 30.0 Å². The third-order valence-electron chi connectivity index (χ3n) is 5.46. The molecule has 1 fully saturated rings. The van der Waals surface area contributed by atoms with Gasteiger partial charge < -0.3 is 20.2 Å². The Kier molecular flexibility index (Phi) is 3.73. The van der Waals surface area contributed by atoms with Crippen LogP contribution in [0.3, 0.4) is 0 Å². The summed E-state index contributed by atoms with van der Waals surface area (Å²) in [5.74, 6) is -2.26. The van der Waals surface area contributed by atoms with Crippen LogP contribution in [-0.2, 0) is 23.2 Å². The normalized spacial score (nSPS) is 26.4. The van der Waals surface area contributed by atoms with Crippen molar-refractivity contribution in [2.45, 2.75) is 32.6 Å². The lowest BCUT2D eigenvalue weighted by atomic mass is 9.77. The topological polar surface area (TPSA) is 107 Å². The van der Waals surface area contributed by atoms with Crippen LogP contribution < -0.4 is 4.40 Å². The zero-order chi connectivity index (χ0) is 18.9. The number of carboxylic acids is 1. The van der Waals surface area contributed by atoms with Gasteiger partial charge in [0.1, 0.15) is 18.5 Å². The number of β-lactam (4-membered cyclic amide) rings is 1. The molecule has 1 saturated heterocycles. The molecule has 0 aliphatic carbocycles. The van der Waals surface area contributed by atoms with E-state index in [4.69, 9.17) is 0 Å². The molecule has 4 heterocycles. The number of aliphatic hydroxyl groups is 2. The highest BCUT2D eigenvalue weighted by molar-refractivity contribution is 7.18. The van der Waals surface area contributed by atoms with E-state index >= 15 is 0 Å². The molecule has 0 saturated carbocycles. The van der Waals surface area contributed by atoms with Crippen LogP contribution in [0.15, 0.2) is 18.2 Å². The summed E-state index contributed by atoms with van der Waals surface area (Å²) in [6, 6.07) is -0.335. The number of carbonyl (C=O) groups excluding carboxylic acids is 1. The van der Waals surface area contributed by atoms with Crippen molar-refractivity contribution in [3.8, 4) is 0 Å². The SMILES string of the molecule is C[C@@H](O)[C@H]1C(=O)N2C(C(=O)O)=C(c3c[n+]4cn(C)c(CO)c4s3)[C@H](C)[C@@H]12. The van der Waals surface area contributed by atoms with Crippen molar-refractivity contribution in [2.75, 3.05) is 0 Å². The molecule has 0 spiro atoms. The zero-order valence-electron chi connectivity index (χ0n) is 14.6. The van der Waals surface area contributed by atoms with Crippen molar-refractivity contribution in [1.82, 2.24) is 9.47 Å². The molecule has 138 valence electrons. The fourth-order valence-corrected chi connectivity index (χ4v) is 5.56. The monoisotopic (exact) mass is 378 g/mol. The molecule has 0 unspecified atom stereocenters. The van der Waals surface area contributed by atoms with E-state index in [1.54, 1.807) is 6.92 Å². The van der Waals surface area contributed by atoms with Gasteiger partial charge in [0.15, 0.2) is 5.69 Å². The van der Waals surface area contributed by atoms with Gasteiger partial charge in [-0.15, -0.1) is 0 Å². The zero-order valence-corrected chi connectivity index (χ0v) is 15.4. The summed E-state index contributed by atoms with van der Waals surface area (Å²) in [7, 11) is 1.84. The number of aryl methyl sites for hydroxylation is 1. The number of thiazole rings is 1. The molecule has 4 atom stereocenters. The first-order valence-electron chi connectivity index (χ1n) is 8.36. The average Bonchev–Trinajstić information content (AvgIpc) is 3.14. The van der Waals surface area contributed by atoms with Crippen molar-refractivity contribution in [3.63, 3.8) is 0 Å². The minimum atomic E-state index is -1.14. The summed E-state index contributed by atoms with van der Waals surface area (Å²) in [6.45, 7) is 3.34. The Morgan fingerprint density at radius 2 is 2.15 bits per heavy atom. The summed E-state index contributed by atoms with van der Waals surface area (Å²) in [4.78, 5) is 27.2. The Hall–Kier alpha value is -2.23. The van der Waals surface area contributed by atoms with Crippen LogP contribution in [-0.4, -0.2) is 48.8 Å². The maximum absolute atomic E-state index is 12.4. The highest BCUT2D eigenvalue weighted by atomic mass is 32.1. The first-order chi connectivity index (χ1) is 12.3. The van der Waals surface area contributed by atoms with Crippen LogP contribution in [0.1, 0.15) is 24.4 Å². The number of fused-ring (bicyclic) bond motifs is 2. The third-order valence-corrected chi connectivity index (χ3v) is 6.64. The molecule has 9 heteroatoms. The number of rotatable bonds is 4. The van der Waals surface area contributed by atoms with E-state index < -0.39 is 18.0 Å². The minimum Gasteiger partial charge on any atom is -0.477 e. The molecule has 2 aliphatic heterocycles. The number of aliphatic carboxylic acids is 1. The van der Waals surface area contributed by atoms with Crippen LogP contribution in [0.25, 0.3) is 10.4 Å². The van der Waals surface area contributed by atoms with E-state index in [2.05, 4.69) is 0 Å². The van der Waals surface area contributed by atoms with Crippen molar-refractivity contribution in [3.05, 3.63) is 28.8 Å². The van der Waals surface area contributed by atoms with Crippen molar-refractivity contribution < 1.29 is 29.3 Å².